The highest BCUT2D eigenvalue weighted by atomic mass is 19.1. The number of hydrogen-bond acceptors (Lipinski definition) is 4. The molecule has 1 fully saturated rings. The Kier molecular flexibility index (Phi) is 3.71. The molecule has 1 aliphatic heterocycles. The van der Waals surface area contributed by atoms with Crippen LogP contribution in [-0.4, -0.2) is 49.5 Å². The number of pyridine rings is 1. The number of rotatable bonds is 2. The molecule has 1 aliphatic rings. The normalized spacial score (nSPS) is 17.0. The predicted octanol–water partition coefficient (Wildman–Crippen LogP) is 2.78. The average molecular weight is 339 g/mol. The molecule has 25 heavy (non-hydrogen) atoms. The number of alkyl halides is 1. The lowest BCUT2D eigenvalue weighted by Crippen LogP contribution is -2.43. The lowest BCUT2D eigenvalue weighted by atomic mass is 9.95. The van der Waals surface area contributed by atoms with E-state index in [9.17, 15) is 9.18 Å². The molecule has 0 N–H and O–H groups in total. The molecule has 1 saturated heterocycles. The summed E-state index contributed by atoms with van der Waals surface area (Å²) in [6, 6.07) is 11.3. The van der Waals surface area contributed by atoms with Crippen LogP contribution in [0, 0.1) is 0 Å². The van der Waals surface area contributed by atoms with Crippen LogP contribution in [0.2, 0.25) is 0 Å². The summed E-state index contributed by atoms with van der Waals surface area (Å²) < 4.78 is 15.5. The van der Waals surface area contributed by atoms with E-state index in [0.29, 0.717) is 42.7 Å². The van der Waals surface area contributed by atoms with E-state index >= 15 is 0 Å². The van der Waals surface area contributed by atoms with Gasteiger partial charge in [-0.05, 0) is 38.0 Å². The van der Waals surface area contributed by atoms with Crippen molar-refractivity contribution >= 4 is 17.1 Å². The van der Waals surface area contributed by atoms with E-state index in [1.165, 1.54) is 6.20 Å². The fourth-order valence-electron chi connectivity index (χ4n) is 3.04. The fraction of sp³-hybridized carbons (Fsp3) is 0.333. The molecular formula is C18H18FN5O. The summed E-state index contributed by atoms with van der Waals surface area (Å²) in [6.07, 6.45) is 2.26. The summed E-state index contributed by atoms with van der Waals surface area (Å²) in [6.45, 7) is 2.42. The third kappa shape index (κ3) is 2.97. The van der Waals surface area contributed by atoms with E-state index in [1.807, 2.05) is 30.3 Å². The van der Waals surface area contributed by atoms with Gasteiger partial charge in [-0.15, -0.1) is 5.10 Å². The smallest absolute Gasteiger partial charge is 0.255 e. The monoisotopic (exact) mass is 339 g/mol. The minimum Gasteiger partial charge on any atom is -0.338 e. The van der Waals surface area contributed by atoms with Crippen molar-refractivity contribution in [1.82, 2.24) is 24.9 Å². The first-order valence-electron chi connectivity index (χ1n) is 8.29. The van der Waals surface area contributed by atoms with Crippen LogP contribution < -0.4 is 0 Å². The lowest BCUT2D eigenvalue weighted by molar-refractivity contribution is 0.0504. The third-order valence-corrected chi connectivity index (χ3v) is 4.63. The zero-order chi connectivity index (χ0) is 17.4. The van der Waals surface area contributed by atoms with Crippen molar-refractivity contribution in [3.8, 4) is 5.69 Å². The lowest BCUT2D eigenvalue weighted by Gasteiger charge is -2.34. The van der Waals surface area contributed by atoms with Gasteiger partial charge in [-0.3, -0.25) is 4.79 Å². The Hall–Kier alpha value is -2.83. The number of nitrogens with zero attached hydrogens (tertiary/aromatic N) is 5. The van der Waals surface area contributed by atoms with E-state index < -0.39 is 5.67 Å². The highest BCUT2D eigenvalue weighted by Gasteiger charge is 2.32. The summed E-state index contributed by atoms with van der Waals surface area (Å²) >= 11 is 0. The van der Waals surface area contributed by atoms with Gasteiger partial charge in [0.2, 0.25) is 0 Å². The van der Waals surface area contributed by atoms with Crippen LogP contribution in [0.15, 0.2) is 42.6 Å². The molecule has 1 aromatic carbocycles. The number of aromatic nitrogens is 4. The van der Waals surface area contributed by atoms with Gasteiger partial charge >= 0.3 is 0 Å². The topological polar surface area (TPSA) is 63.9 Å². The van der Waals surface area contributed by atoms with E-state index in [2.05, 4.69) is 15.3 Å². The molecule has 0 saturated carbocycles. The molecule has 0 atom stereocenters. The number of carbonyl (C=O) groups is 1. The standard InChI is InChI=1S/C18H18FN5O/c1-18(19)7-9-23(10-8-18)17(25)13-11-15-16(20-12-13)24(22-21-15)14-5-3-2-4-6-14/h2-6,11-12H,7-10H2,1H3. The first-order chi connectivity index (χ1) is 12.0. The van der Waals surface area contributed by atoms with Gasteiger partial charge in [0.25, 0.3) is 5.91 Å². The molecule has 4 rings (SSSR count). The number of amides is 1. The summed E-state index contributed by atoms with van der Waals surface area (Å²) in [5.74, 6) is -0.140. The molecule has 2 aromatic heterocycles. The second-order valence-corrected chi connectivity index (χ2v) is 6.61. The average Bonchev–Trinajstić information content (AvgIpc) is 3.05. The van der Waals surface area contributed by atoms with Crippen molar-refractivity contribution in [2.24, 2.45) is 0 Å². The number of fused-ring (bicyclic) bond motifs is 1. The predicted molar refractivity (Wildman–Crippen MR) is 91.3 cm³/mol. The molecule has 0 radical (unpaired) electrons. The van der Waals surface area contributed by atoms with Gasteiger partial charge < -0.3 is 4.90 Å². The van der Waals surface area contributed by atoms with Crippen LogP contribution in [0.4, 0.5) is 4.39 Å². The molecule has 3 heterocycles. The van der Waals surface area contributed by atoms with E-state index in [4.69, 9.17) is 0 Å². The van der Waals surface area contributed by atoms with Crippen molar-refractivity contribution in [2.45, 2.75) is 25.4 Å². The van der Waals surface area contributed by atoms with Gasteiger partial charge in [0.1, 0.15) is 11.2 Å². The quantitative estimate of drug-likeness (QED) is 0.720. The molecule has 0 aliphatic carbocycles. The van der Waals surface area contributed by atoms with Crippen LogP contribution in [0.5, 0.6) is 0 Å². The maximum atomic E-state index is 13.9. The minimum atomic E-state index is -1.18. The molecule has 0 bridgehead atoms. The molecule has 0 unspecified atom stereocenters. The fourth-order valence-corrected chi connectivity index (χ4v) is 3.04. The van der Waals surface area contributed by atoms with Crippen molar-refractivity contribution in [3.05, 3.63) is 48.2 Å². The van der Waals surface area contributed by atoms with Crippen LogP contribution in [0.3, 0.4) is 0 Å². The first kappa shape index (κ1) is 15.7. The summed E-state index contributed by atoms with van der Waals surface area (Å²) in [4.78, 5) is 18.7. The zero-order valence-electron chi connectivity index (χ0n) is 13.9. The van der Waals surface area contributed by atoms with Gasteiger partial charge in [-0.2, -0.15) is 4.68 Å². The van der Waals surface area contributed by atoms with Crippen molar-refractivity contribution in [2.75, 3.05) is 13.1 Å². The molecule has 128 valence electrons. The van der Waals surface area contributed by atoms with E-state index in [1.54, 1.807) is 22.6 Å². The highest BCUT2D eigenvalue weighted by molar-refractivity contribution is 5.96. The van der Waals surface area contributed by atoms with Gasteiger partial charge in [-0.25, -0.2) is 9.37 Å². The number of halogens is 1. The summed E-state index contributed by atoms with van der Waals surface area (Å²) in [5, 5.41) is 8.25. The largest absolute Gasteiger partial charge is 0.338 e. The Labute approximate surface area is 144 Å². The van der Waals surface area contributed by atoms with Gasteiger partial charge in [0.15, 0.2) is 5.65 Å². The molecular weight excluding hydrogens is 321 g/mol. The molecule has 1 amide bonds. The molecule has 7 heteroatoms. The zero-order valence-corrected chi connectivity index (χ0v) is 13.9. The van der Waals surface area contributed by atoms with E-state index in [0.717, 1.165) is 5.69 Å². The first-order valence-corrected chi connectivity index (χ1v) is 8.29. The molecule has 6 nitrogen and oxygen atoms in total. The number of likely N-dealkylation sites (tertiary alicyclic amines) is 1. The highest BCUT2D eigenvalue weighted by Crippen LogP contribution is 2.26. The number of benzene rings is 1. The van der Waals surface area contributed by atoms with Crippen LogP contribution in [0.1, 0.15) is 30.1 Å². The van der Waals surface area contributed by atoms with Gasteiger partial charge in [0.05, 0.1) is 11.3 Å². The Morgan fingerprint density at radius 2 is 1.92 bits per heavy atom. The van der Waals surface area contributed by atoms with Crippen molar-refractivity contribution < 1.29 is 9.18 Å². The Balaban J connectivity index is 1.61. The Bertz CT molecular complexity index is 912. The summed E-state index contributed by atoms with van der Waals surface area (Å²) in [5.41, 5.74) is 1.28. The number of hydrogen-bond donors (Lipinski definition) is 0. The second-order valence-electron chi connectivity index (χ2n) is 6.61. The van der Waals surface area contributed by atoms with Crippen molar-refractivity contribution in [1.29, 1.82) is 0 Å². The Morgan fingerprint density at radius 1 is 1.20 bits per heavy atom. The number of carbonyl (C=O) groups excluding carboxylic acids is 1. The third-order valence-electron chi connectivity index (χ3n) is 4.63. The van der Waals surface area contributed by atoms with Crippen LogP contribution in [0.25, 0.3) is 16.9 Å². The van der Waals surface area contributed by atoms with Crippen LogP contribution >= 0.6 is 0 Å². The summed E-state index contributed by atoms with van der Waals surface area (Å²) in [7, 11) is 0. The maximum Gasteiger partial charge on any atom is 0.255 e. The molecule has 3 aromatic rings. The van der Waals surface area contributed by atoms with Crippen LogP contribution in [-0.2, 0) is 0 Å². The second kappa shape index (κ2) is 5.91. The minimum absolute atomic E-state index is 0.140. The Morgan fingerprint density at radius 3 is 2.64 bits per heavy atom. The maximum absolute atomic E-state index is 13.9. The van der Waals surface area contributed by atoms with Gasteiger partial charge in [0, 0.05) is 19.3 Å². The van der Waals surface area contributed by atoms with Crippen molar-refractivity contribution in [3.63, 3.8) is 0 Å². The SMILES string of the molecule is CC1(F)CCN(C(=O)c2cnc3c(c2)nnn3-c2ccccc2)CC1. The van der Waals surface area contributed by atoms with E-state index in [-0.39, 0.29) is 5.91 Å². The number of para-hydroxylation sites is 1. The van der Waals surface area contributed by atoms with Gasteiger partial charge in [-0.1, -0.05) is 23.4 Å². The molecule has 0 spiro atoms. The number of piperidine rings is 1.